The van der Waals surface area contributed by atoms with E-state index in [0.717, 1.165) is 39.0 Å². The Morgan fingerprint density at radius 1 is 0.312 bits per heavy atom. The first-order chi connectivity index (χ1) is 23.8. The van der Waals surface area contributed by atoms with Gasteiger partial charge < -0.3 is 9.32 Å². The average molecular weight is 612 g/mol. The van der Waals surface area contributed by atoms with Crippen LogP contribution in [-0.4, -0.2) is 0 Å². The first-order valence-corrected chi connectivity index (χ1v) is 16.4. The molecule has 2 heteroatoms. The minimum Gasteiger partial charge on any atom is -0.456 e. The normalized spacial score (nSPS) is 11.8. The number of nitrogens with zero attached hydrogens (tertiary/aromatic N) is 1. The maximum Gasteiger partial charge on any atom is 0.137 e. The molecule has 10 aromatic rings. The third-order valence-corrected chi connectivity index (χ3v) is 9.81. The summed E-state index contributed by atoms with van der Waals surface area (Å²) in [4.78, 5) is 2.36. The standard InChI is InChI=1S/C46H29NO/c1-3-14-37-30(9-1)11-8-17-39(37)33-12-7-13-34(27-33)47(36-23-26-43-42-16-5-6-18-45(42)48-46(43)29-36)35-22-19-32-21-24-40-38-15-4-2-10-31(38)20-25-41(40)44(32)28-35/h1-29H. The van der Waals surface area contributed by atoms with E-state index < -0.39 is 0 Å². The number of hydrogen-bond donors (Lipinski definition) is 0. The van der Waals surface area contributed by atoms with Gasteiger partial charge in [0.05, 0.1) is 0 Å². The van der Waals surface area contributed by atoms with Crippen molar-refractivity contribution < 1.29 is 4.42 Å². The Hall–Kier alpha value is -6.38. The molecule has 0 saturated heterocycles. The van der Waals surface area contributed by atoms with Gasteiger partial charge in [0, 0.05) is 33.9 Å². The number of furan rings is 1. The van der Waals surface area contributed by atoms with Gasteiger partial charge in [-0.2, -0.15) is 0 Å². The van der Waals surface area contributed by atoms with Crippen LogP contribution in [0.15, 0.2) is 180 Å². The number of anilines is 3. The minimum atomic E-state index is 0.876. The average Bonchev–Trinajstić information content (AvgIpc) is 3.52. The van der Waals surface area contributed by atoms with E-state index >= 15 is 0 Å². The molecule has 0 aliphatic carbocycles. The largest absolute Gasteiger partial charge is 0.456 e. The Bertz CT molecular complexity index is 2860. The van der Waals surface area contributed by atoms with Crippen molar-refractivity contribution in [2.45, 2.75) is 0 Å². The van der Waals surface area contributed by atoms with Gasteiger partial charge >= 0.3 is 0 Å². The molecule has 9 aromatic carbocycles. The number of hydrogen-bond acceptors (Lipinski definition) is 2. The molecule has 224 valence electrons. The number of fused-ring (bicyclic) bond motifs is 9. The Morgan fingerprint density at radius 2 is 0.875 bits per heavy atom. The molecule has 0 fully saturated rings. The molecular formula is C46H29NO. The van der Waals surface area contributed by atoms with Crippen molar-refractivity contribution in [3.63, 3.8) is 0 Å². The van der Waals surface area contributed by atoms with Crippen molar-refractivity contribution in [2.75, 3.05) is 4.90 Å². The van der Waals surface area contributed by atoms with Gasteiger partial charge in [-0.05, 0) is 96.7 Å². The first kappa shape index (κ1) is 26.8. The molecule has 0 unspecified atom stereocenters. The third kappa shape index (κ3) is 4.20. The fourth-order valence-corrected chi connectivity index (χ4v) is 7.54. The lowest BCUT2D eigenvalue weighted by Crippen LogP contribution is -2.10. The number of benzene rings is 9. The highest BCUT2D eigenvalue weighted by Gasteiger charge is 2.18. The zero-order valence-corrected chi connectivity index (χ0v) is 26.1. The lowest BCUT2D eigenvalue weighted by molar-refractivity contribution is 0.669. The highest BCUT2D eigenvalue weighted by Crippen LogP contribution is 2.42. The summed E-state index contributed by atoms with van der Waals surface area (Å²) in [6.45, 7) is 0. The summed E-state index contributed by atoms with van der Waals surface area (Å²) in [7, 11) is 0. The van der Waals surface area contributed by atoms with Crippen molar-refractivity contribution in [2.24, 2.45) is 0 Å². The molecule has 1 aromatic heterocycles. The highest BCUT2D eigenvalue weighted by atomic mass is 16.3. The lowest BCUT2D eigenvalue weighted by Gasteiger charge is -2.26. The van der Waals surface area contributed by atoms with Gasteiger partial charge in [-0.25, -0.2) is 0 Å². The van der Waals surface area contributed by atoms with Crippen LogP contribution in [0.1, 0.15) is 0 Å². The maximum atomic E-state index is 6.40. The zero-order chi connectivity index (χ0) is 31.6. The van der Waals surface area contributed by atoms with Gasteiger partial charge in [0.2, 0.25) is 0 Å². The summed E-state index contributed by atoms with van der Waals surface area (Å²) in [5, 5.41) is 12.2. The molecule has 1 heterocycles. The molecule has 0 aliphatic heterocycles. The quantitative estimate of drug-likeness (QED) is 0.184. The minimum absolute atomic E-state index is 0.876. The summed E-state index contributed by atoms with van der Waals surface area (Å²) in [6.07, 6.45) is 0. The third-order valence-electron chi connectivity index (χ3n) is 9.81. The summed E-state index contributed by atoms with van der Waals surface area (Å²) < 4.78 is 6.40. The van der Waals surface area contributed by atoms with Gasteiger partial charge in [0.1, 0.15) is 11.2 Å². The van der Waals surface area contributed by atoms with E-state index in [2.05, 4.69) is 169 Å². The summed E-state index contributed by atoms with van der Waals surface area (Å²) in [5.74, 6) is 0. The van der Waals surface area contributed by atoms with Crippen molar-refractivity contribution in [1.29, 1.82) is 0 Å². The van der Waals surface area contributed by atoms with Crippen LogP contribution in [0.25, 0.3) is 76.2 Å². The fraction of sp³-hybridized carbons (Fsp3) is 0. The van der Waals surface area contributed by atoms with E-state index in [1.807, 2.05) is 12.1 Å². The Balaban J connectivity index is 1.21. The van der Waals surface area contributed by atoms with E-state index in [1.54, 1.807) is 0 Å². The molecule has 0 atom stereocenters. The second-order valence-electron chi connectivity index (χ2n) is 12.5. The van der Waals surface area contributed by atoms with Gasteiger partial charge in [0.25, 0.3) is 0 Å². The molecule has 0 radical (unpaired) electrons. The van der Waals surface area contributed by atoms with Crippen LogP contribution in [-0.2, 0) is 0 Å². The van der Waals surface area contributed by atoms with Gasteiger partial charge in [-0.3, -0.25) is 0 Å². The molecule has 48 heavy (non-hydrogen) atoms. The predicted octanol–water partition coefficient (Wildman–Crippen LogP) is 13.3. The smallest absolute Gasteiger partial charge is 0.137 e. The van der Waals surface area contributed by atoms with Crippen LogP contribution in [0, 0.1) is 0 Å². The summed E-state index contributed by atoms with van der Waals surface area (Å²) in [6, 6.07) is 63.4. The van der Waals surface area contributed by atoms with Crippen LogP contribution in [0.2, 0.25) is 0 Å². The van der Waals surface area contributed by atoms with Gasteiger partial charge in [-0.15, -0.1) is 0 Å². The van der Waals surface area contributed by atoms with E-state index in [-0.39, 0.29) is 0 Å². The first-order valence-electron chi connectivity index (χ1n) is 16.4. The van der Waals surface area contributed by atoms with E-state index in [1.165, 1.54) is 54.2 Å². The second kappa shape index (κ2) is 10.6. The molecule has 10 rings (SSSR count). The van der Waals surface area contributed by atoms with E-state index in [9.17, 15) is 0 Å². The zero-order valence-electron chi connectivity index (χ0n) is 26.1. The summed E-state index contributed by atoms with van der Waals surface area (Å²) >= 11 is 0. The molecule has 0 bridgehead atoms. The molecule has 0 saturated carbocycles. The molecule has 0 aliphatic rings. The van der Waals surface area contributed by atoms with Crippen molar-refractivity contribution in [3.05, 3.63) is 176 Å². The van der Waals surface area contributed by atoms with Crippen molar-refractivity contribution >= 4 is 82.1 Å². The maximum absolute atomic E-state index is 6.40. The monoisotopic (exact) mass is 611 g/mol. The topological polar surface area (TPSA) is 16.4 Å². The van der Waals surface area contributed by atoms with Crippen molar-refractivity contribution in [3.8, 4) is 11.1 Å². The molecular weight excluding hydrogens is 583 g/mol. The fourth-order valence-electron chi connectivity index (χ4n) is 7.54. The van der Waals surface area contributed by atoms with Gasteiger partial charge in [0.15, 0.2) is 0 Å². The lowest BCUT2D eigenvalue weighted by atomic mass is 9.96. The van der Waals surface area contributed by atoms with Crippen LogP contribution in [0.5, 0.6) is 0 Å². The van der Waals surface area contributed by atoms with E-state index in [0.29, 0.717) is 0 Å². The Kier molecular flexibility index (Phi) is 5.91. The van der Waals surface area contributed by atoms with E-state index in [4.69, 9.17) is 4.42 Å². The molecule has 2 nitrogen and oxygen atoms in total. The second-order valence-corrected chi connectivity index (χ2v) is 12.5. The molecule has 0 N–H and O–H groups in total. The Labute approximate surface area is 277 Å². The highest BCUT2D eigenvalue weighted by molar-refractivity contribution is 6.18. The van der Waals surface area contributed by atoms with Crippen LogP contribution in [0.3, 0.4) is 0 Å². The van der Waals surface area contributed by atoms with Gasteiger partial charge in [-0.1, -0.05) is 127 Å². The van der Waals surface area contributed by atoms with Crippen molar-refractivity contribution in [1.82, 2.24) is 0 Å². The molecule has 0 amide bonds. The summed E-state index contributed by atoms with van der Waals surface area (Å²) in [5.41, 5.74) is 7.40. The number of para-hydroxylation sites is 1. The molecule has 0 spiro atoms. The number of rotatable bonds is 4. The SMILES string of the molecule is c1cc(-c2cccc3ccccc23)cc(N(c2ccc3c(c2)oc2ccccc23)c2ccc3ccc4c5ccccc5ccc4c3c2)c1. The van der Waals surface area contributed by atoms with Crippen LogP contribution >= 0.6 is 0 Å². The van der Waals surface area contributed by atoms with Crippen LogP contribution in [0.4, 0.5) is 17.1 Å². The van der Waals surface area contributed by atoms with Crippen LogP contribution < -0.4 is 4.90 Å². The Morgan fingerprint density at radius 3 is 1.75 bits per heavy atom. The predicted molar refractivity (Wildman–Crippen MR) is 204 cm³/mol.